The molecule has 4 aromatic rings. The number of hydrogen-bond acceptors (Lipinski definition) is 7. The summed E-state index contributed by atoms with van der Waals surface area (Å²) in [5.41, 5.74) is 4.95. The Morgan fingerprint density at radius 3 is 2.69 bits per heavy atom. The van der Waals surface area contributed by atoms with E-state index in [-0.39, 0.29) is 11.7 Å². The van der Waals surface area contributed by atoms with Gasteiger partial charge in [0, 0.05) is 30.8 Å². The number of aryl methyl sites for hydroxylation is 2. The molecule has 2 aromatic heterocycles. The number of rotatable bonds is 9. The Morgan fingerprint density at radius 1 is 1.14 bits per heavy atom. The predicted octanol–water partition coefficient (Wildman–Crippen LogP) is 3.37. The summed E-state index contributed by atoms with van der Waals surface area (Å²) in [5, 5.41) is 13.5. The lowest BCUT2D eigenvalue weighted by Gasteiger charge is -2.24. The van der Waals surface area contributed by atoms with E-state index in [1.165, 1.54) is 5.56 Å². The number of hydrogen-bond donors (Lipinski definition) is 1. The first-order chi connectivity index (χ1) is 17.5. The highest BCUT2D eigenvalue weighted by Crippen LogP contribution is 2.20. The normalized spacial score (nSPS) is 15.7. The van der Waals surface area contributed by atoms with Gasteiger partial charge in [-0.15, -0.1) is 5.10 Å². The van der Waals surface area contributed by atoms with Gasteiger partial charge in [-0.05, 0) is 89.5 Å². The monoisotopic (exact) mass is 488 g/mol. The zero-order valence-corrected chi connectivity index (χ0v) is 21.0. The Bertz CT molecular complexity index is 1390. The molecule has 1 atom stereocenters. The molecular formula is C27H32N6O3. The van der Waals surface area contributed by atoms with Crippen LogP contribution in [0, 0.1) is 13.8 Å². The molecule has 1 aliphatic heterocycles. The highest BCUT2D eigenvalue weighted by atomic mass is 16.5. The van der Waals surface area contributed by atoms with Gasteiger partial charge in [0.05, 0.1) is 26.3 Å². The molecule has 5 rings (SSSR count). The van der Waals surface area contributed by atoms with E-state index in [0.717, 1.165) is 58.6 Å². The second kappa shape index (κ2) is 10.6. The van der Waals surface area contributed by atoms with Gasteiger partial charge < -0.3 is 14.5 Å². The zero-order chi connectivity index (χ0) is 25.1. The van der Waals surface area contributed by atoms with Crippen LogP contribution in [-0.2, 0) is 24.4 Å². The van der Waals surface area contributed by atoms with Gasteiger partial charge in [-0.2, -0.15) is 0 Å². The van der Waals surface area contributed by atoms with Crippen molar-refractivity contribution in [3.63, 3.8) is 0 Å². The van der Waals surface area contributed by atoms with Crippen molar-refractivity contribution in [2.24, 2.45) is 0 Å². The molecule has 0 radical (unpaired) electrons. The molecule has 1 fully saturated rings. The first-order valence-electron chi connectivity index (χ1n) is 12.3. The Balaban J connectivity index is 1.39. The van der Waals surface area contributed by atoms with Crippen molar-refractivity contribution in [3.05, 3.63) is 80.9 Å². The number of ether oxygens (including phenoxy) is 2. The van der Waals surface area contributed by atoms with Gasteiger partial charge >= 0.3 is 0 Å². The third-order valence-electron chi connectivity index (χ3n) is 6.88. The standard InChI is InChI=1S/C27H32N6O3/c1-18-11-21-13-22(27(34)28-25(21)12-19(18)2)15-32(16-24-5-4-10-36-24)17-26-29-30-31-33(26)14-20-6-8-23(35-3)9-7-20/h6-9,11-13,24H,4-5,10,14-17H2,1-3H3,(H,28,34). The molecule has 188 valence electrons. The summed E-state index contributed by atoms with van der Waals surface area (Å²) < 4.78 is 13.0. The average Bonchev–Trinajstić information content (AvgIpc) is 3.54. The van der Waals surface area contributed by atoms with Crippen LogP contribution in [0.5, 0.6) is 5.75 Å². The van der Waals surface area contributed by atoms with Crippen LogP contribution < -0.4 is 10.3 Å². The SMILES string of the molecule is COc1ccc(Cn2nnnc2CN(Cc2cc3cc(C)c(C)cc3[nH]c2=O)CC2CCCO2)cc1. The van der Waals surface area contributed by atoms with Crippen LogP contribution in [0.2, 0.25) is 0 Å². The molecule has 0 spiro atoms. The molecule has 0 amide bonds. The molecule has 3 heterocycles. The molecule has 1 saturated heterocycles. The maximum absolute atomic E-state index is 13.0. The van der Waals surface area contributed by atoms with Gasteiger partial charge in [-0.1, -0.05) is 12.1 Å². The molecule has 0 bridgehead atoms. The lowest BCUT2D eigenvalue weighted by molar-refractivity contribution is 0.0663. The number of H-pyrrole nitrogens is 1. The molecule has 9 nitrogen and oxygen atoms in total. The van der Waals surface area contributed by atoms with E-state index in [1.54, 1.807) is 11.8 Å². The minimum Gasteiger partial charge on any atom is -0.497 e. The quantitative estimate of drug-likeness (QED) is 0.386. The van der Waals surface area contributed by atoms with Crippen LogP contribution in [0.3, 0.4) is 0 Å². The number of fused-ring (bicyclic) bond motifs is 1. The fourth-order valence-corrected chi connectivity index (χ4v) is 4.70. The third-order valence-corrected chi connectivity index (χ3v) is 6.88. The second-order valence-corrected chi connectivity index (χ2v) is 9.55. The average molecular weight is 489 g/mol. The number of methoxy groups -OCH3 is 1. The van der Waals surface area contributed by atoms with Gasteiger partial charge in [0.15, 0.2) is 5.82 Å². The summed E-state index contributed by atoms with van der Waals surface area (Å²) in [6, 6.07) is 14.0. The minimum atomic E-state index is -0.0686. The first kappa shape index (κ1) is 24.1. The van der Waals surface area contributed by atoms with E-state index < -0.39 is 0 Å². The van der Waals surface area contributed by atoms with Gasteiger partial charge in [-0.3, -0.25) is 9.69 Å². The topological polar surface area (TPSA) is 98.2 Å². The van der Waals surface area contributed by atoms with Gasteiger partial charge in [0.2, 0.25) is 0 Å². The predicted molar refractivity (Wildman–Crippen MR) is 137 cm³/mol. The maximum Gasteiger partial charge on any atom is 0.252 e. The molecular weight excluding hydrogens is 456 g/mol. The van der Waals surface area contributed by atoms with Crippen LogP contribution in [-0.4, -0.2) is 56.5 Å². The van der Waals surface area contributed by atoms with Crippen molar-refractivity contribution >= 4 is 10.9 Å². The number of nitrogens with one attached hydrogen (secondary N) is 1. The summed E-state index contributed by atoms with van der Waals surface area (Å²) in [5.74, 6) is 1.55. The summed E-state index contributed by atoms with van der Waals surface area (Å²) in [6.07, 6.45) is 2.21. The number of benzene rings is 2. The van der Waals surface area contributed by atoms with Crippen LogP contribution >= 0.6 is 0 Å². The smallest absolute Gasteiger partial charge is 0.252 e. The number of aromatic amines is 1. The van der Waals surface area contributed by atoms with Crippen molar-refractivity contribution < 1.29 is 9.47 Å². The minimum absolute atomic E-state index is 0.0686. The first-order valence-corrected chi connectivity index (χ1v) is 12.3. The Labute approximate surface area is 210 Å². The van der Waals surface area contributed by atoms with E-state index >= 15 is 0 Å². The molecule has 0 saturated carbocycles. The number of pyridine rings is 1. The third kappa shape index (κ3) is 5.47. The van der Waals surface area contributed by atoms with E-state index in [4.69, 9.17) is 9.47 Å². The van der Waals surface area contributed by atoms with Crippen molar-refractivity contribution in [3.8, 4) is 5.75 Å². The van der Waals surface area contributed by atoms with E-state index in [2.05, 4.69) is 45.3 Å². The van der Waals surface area contributed by atoms with Gasteiger partial charge in [0.25, 0.3) is 5.56 Å². The van der Waals surface area contributed by atoms with Gasteiger partial charge in [0.1, 0.15) is 5.75 Å². The Hall–Kier alpha value is -3.56. The Kier molecular flexibility index (Phi) is 7.11. The molecule has 36 heavy (non-hydrogen) atoms. The summed E-state index contributed by atoms with van der Waals surface area (Å²) in [6.45, 7) is 7.17. The number of nitrogens with zero attached hydrogens (tertiary/aromatic N) is 5. The zero-order valence-electron chi connectivity index (χ0n) is 21.0. The molecule has 1 aliphatic rings. The summed E-state index contributed by atoms with van der Waals surface area (Å²) in [4.78, 5) is 18.3. The molecule has 2 aromatic carbocycles. The highest BCUT2D eigenvalue weighted by Gasteiger charge is 2.22. The highest BCUT2D eigenvalue weighted by molar-refractivity contribution is 5.80. The van der Waals surface area contributed by atoms with E-state index in [9.17, 15) is 4.79 Å². The molecule has 9 heteroatoms. The molecule has 1 unspecified atom stereocenters. The van der Waals surface area contributed by atoms with Crippen LogP contribution in [0.25, 0.3) is 10.9 Å². The maximum atomic E-state index is 13.0. The van der Waals surface area contributed by atoms with Crippen LogP contribution in [0.1, 0.15) is 40.9 Å². The van der Waals surface area contributed by atoms with Crippen molar-refractivity contribution in [1.29, 1.82) is 0 Å². The number of tetrazole rings is 1. The summed E-state index contributed by atoms with van der Waals surface area (Å²) in [7, 11) is 1.65. The second-order valence-electron chi connectivity index (χ2n) is 9.55. The fraction of sp³-hybridized carbons (Fsp3) is 0.407. The largest absolute Gasteiger partial charge is 0.497 e. The van der Waals surface area contributed by atoms with Gasteiger partial charge in [-0.25, -0.2) is 4.68 Å². The fourth-order valence-electron chi connectivity index (χ4n) is 4.70. The summed E-state index contributed by atoms with van der Waals surface area (Å²) >= 11 is 0. The van der Waals surface area contributed by atoms with Crippen molar-refractivity contribution in [2.45, 2.75) is 52.4 Å². The lowest BCUT2D eigenvalue weighted by Crippen LogP contribution is -2.34. The van der Waals surface area contributed by atoms with Crippen molar-refractivity contribution in [2.75, 3.05) is 20.3 Å². The molecule has 0 aliphatic carbocycles. The number of aromatic nitrogens is 5. The Morgan fingerprint density at radius 2 is 1.94 bits per heavy atom. The van der Waals surface area contributed by atoms with E-state index in [1.807, 2.05) is 36.4 Å². The van der Waals surface area contributed by atoms with E-state index in [0.29, 0.717) is 26.2 Å². The van der Waals surface area contributed by atoms with Crippen LogP contribution in [0.15, 0.2) is 47.3 Å². The molecule has 1 N–H and O–H groups in total. The lowest BCUT2D eigenvalue weighted by atomic mass is 10.0. The van der Waals surface area contributed by atoms with Crippen molar-refractivity contribution in [1.82, 2.24) is 30.1 Å². The van der Waals surface area contributed by atoms with Crippen LogP contribution in [0.4, 0.5) is 0 Å².